The van der Waals surface area contributed by atoms with E-state index in [1.165, 1.54) is 0 Å². The van der Waals surface area contributed by atoms with Crippen molar-refractivity contribution in [1.29, 1.82) is 0 Å². The summed E-state index contributed by atoms with van der Waals surface area (Å²) >= 11 is 0. The number of nitrogens with zero attached hydrogens (tertiary/aromatic N) is 1. The van der Waals surface area contributed by atoms with Crippen molar-refractivity contribution in [1.82, 2.24) is 10.3 Å². The Kier molecular flexibility index (Phi) is 5.93. The topological polar surface area (TPSA) is 51.2 Å². The van der Waals surface area contributed by atoms with Gasteiger partial charge in [0.25, 0.3) is 5.91 Å². The molecule has 0 aliphatic rings. The smallest absolute Gasteiger partial charge is 0.433 e. The molecule has 0 bridgehead atoms. The Labute approximate surface area is 160 Å². The third-order valence-electron chi connectivity index (χ3n) is 4.01. The van der Waals surface area contributed by atoms with Crippen LogP contribution in [0, 0.1) is 0 Å². The summed E-state index contributed by atoms with van der Waals surface area (Å²) < 4.78 is 43.4. The number of rotatable bonds is 6. The molecule has 0 radical (unpaired) electrons. The van der Waals surface area contributed by atoms with Crippen molar-refractivity contribution in [3.63, 3.8) is 0 Å². The van der Waals surface area contributed by atoms with Gasteiger partial charge >= 0.3 is 6.18 Å². The number of carbonyl (C=O) groups excluding carboxylic acids is 1. The molecule has 28 heavy (non-hydrogen) atoms. The highest BCUT2D eigenvalue weighted by molar-refractivity contribution is 5.93. The number of amides is 1. The largest absolute Gasteiger partial charge is 0.489 e. The lowest BCUT2D eigenvalue weighted by molar-refractivity contribution is -0.141. The zero-order valence-electron chi connectivity index (χ0n) is 14.7. The summed E-state index contributed by atoms with van der Waals surface area (Å²) in [5.74, 6) is 0.233. The first-order valence-corrected chi connectivity index (χ1v) is 8.49. The van der Waals surface area contributed by atoms with Gasteiger partial charge < -0.3 is 10.1 Å². The summed E-state index contributed by atoms with van der Waals surface area (Å²) in [6, 6.07) is 18.7. The third-order valence-corrected chi connectivity index (χ3v) is 4.01. The Morgan fingerprint density at radius 3 is 2.25 bits per heavy atom. The standard InChI is InChI=1S/C21H17F3N2O2/c22-21(23,24)19-11-10-16(13-25-19)20(27)26-12-15-6-4-5-7-17(15)14-28-18-8-2-1-3-9-18/h1-11,13H,12,14H2,(H,26,27). The second-order valence-corrected chi connectivity index (χ2v) is 5.98. The first-order valence-electron chi connectivity index (χ1n) is 8.49. The van der Waals surface area contributed by atoms with Crippen molar-refractivity contribution in [3.05, 3.63) is 95.3 Å². The number of carbonyl (C=O) groups is 1. The maximum atomic E-state index is 12.6. The minimum absolute atomic E-state index is 0.0611. The number of para-hydroxylation sites is 1. The molecule has 0 unspecified atom stereocenters. The van der Waals surface area contributed by atoms with E-state index in [9.17, 15) is 18.0 Å². The fraction of sp³-hybridized carbons (Fsp3) is 0.143. The summed E-state index contributed by atoms with van der Waals surface area (Å²) in [6.07, 6.45) is -3.62. The molecule has 0 aliphatic heterocycles. The SMILES string of the molecule is O=C(NCc1ccccc1COc1ccccc1)c1ccc(C(F)(F)F)nc1. The number of aromatic nitrogens is 1. The molecule has 1 heterocycles. The average molecular weight is 386 g/mol. The third kappa shape index (κ3) is 5.09. The van der Waals surface area contributed by atoms with Crippen LogP contribution in [0.3, 0.4) is 0 Å². The molecule has 0 aliphatic carbocycles. The maximum absolute atomic E-state index is 12.6. The van der Waals surface area contributed by atoms with E-state index in [-0.39, 0.29) is 12.1 Å². The summed E-state index contributed by atoms with van der Waals surface area (Å²) in [6.45, 7) is 0.548. The van der Waals surface area contributed by atoms with Crippen LogP contribution in [0.2, 0.25) is 0 Å². The van der Waals surface area contributed by atoms with E-state index in [0.29, 0.717) is 6.61 Å². The number of nitrogens with one attached hydrogen (secondary N) is 1. The van der Waals surface area contributed by atoms with E-state index in [1.807, 2.05) is 54.6 Å². The number of hydrogen-bond acceptors (Lipinski definition) is 3. The second-order valence-electron chi connectivity index (χ2n) is 5.98. The molecule has 1 N–H and O–H groups in total. The minimum atomic E-state index is -4.54. The molecule has 1 amide bonds. The first-order chi connectivity index (χ1) is 13.4. The van der Waals surface area contributed by atoms with Gasteiger partial charge in [-0.1, -0.05) is 42.5 Å². The van der Waals surface area contributed by atoms with Gasteiger partial charge in [0.2, 0.25) is 0 Å². The lowest BCUT2D eigenvalue weighted by Gasteiger charge is -2.12. The molecule has 144 valence electrons. The lowest BCUT2D eigenvalue weighted by atomic mass is 10.1. The van der Waals surface area contributed by atoms with E-state index in [2.05, 4.69) is 10.3 Å². The van der Waals surface area contributed by atoms with Crippen molar-refractivity contribution in [2.24, 2.45) is 0 Å². The van der Waals surface area contributed by atoms with Gasteiger partial charge in [0.1, 0.15) is 18.1 Å². The number of benzene rings is 2. The first kappa shape index (κ1) is 19.4. The lowest BCUT2D eigenvalue weighted by Crippen LogP contribution is -2.24. The minimum Gasteiger partial charge on any atom is -0.489 e. The molecule has 0 saturated carbocycles. The molecule has 3 aromatic rings. The Hall–Kier alpha value is -3.35. The predicted molar refractivity (Wildman–Crippen MR) is 97.6 cm³/mol. The Balaban J connectivity index is 1.62. The average Bonchev–Trinajstić information content (AvgIpc) is 2.71. The predicted octanol–water partition coefficient (Wildman–Crippen LogP) is 4.61. The summed E-state index contributed by atoms with van der Waals surface area (Å²) in [7, 11) is 0. The zero-order chi connectivity index (χ0) is 20.0. The van der Waals surface area contributed by atoms with Gasteiger partial charge in [-0.2, -0.15) is 13.2 Å². The van der Waals surface area contributed by atoms with Crippen LogP contribution in [-0.2, 0) is 19.3 Å². The normalized spacial score (nSPS) is 11.1. The van der Waals surface area contributed by atoms with Gasteiger partial charge in [-0.05, 0) is 35.4 Å². The molecule has 1 aromatic heterocycles. The van der Waals surface area contributed by atoms with Crippen LogP contribution in [0.1, 0.15) is 27.2 Å². The van der Waals surface area contributed by atoms with E-state index in [1.54, 1.807) is 0 Å². The van der Waals surface area contributed by atoms with Crippen molar-refractivity contribution >= 4 is 5.91 Å². The second kappa shape index (κ2) is 8.56. The molecular weight excluding hydrogens is 369 g/mol. The molecule has 0 saturated heterocycles. The van der Waals surface area contributed by atoms with Crippen molar-refractivity contribution in [3.8, 4) is 5.75 Å². The number of ether oxygens (including phenoxy) is 1. The maximum Gasteiger partial charge on any atom is 0.433 e. The van der Waals surface area contributed by atoms with Gasteiger partial charge in [-0.25, -0.2) is 0 Å². The van der Waals surface area contributed by atoms with Gasteiger partial charge in [-0.3, -0.25) is 9.78 Å². The summed E-state index contributed by atoms with van der Waals surface area (Å²) in [5, 5.41) is 2.70. The number of pyridine rings is 1. The quantitative estimate of drug-likeness (QED) is 0.673. The highest BCUT2D eigenvalue weighted by Crippen LogP contribution is 2.27. The Bertz CT molecular complexity index is 926. The van der Waals surface area contributed by atoms with Gasteiger partial charge in [0.15, 0.2) is 0 Å². The van der Waals surface area contributed by atoms with Crippen LogP contribution in [-0.4, -0.2) is 10.9 Å². The summed E-state index contributed by atoms with van der Waals surface area (Å²) in [5.41, 5.74) is 0.780. The van der Waals surface area contributed by atoms with Crippen LogP contribution in [0.25, 0.3) is 0 Å². The van der Waals surface area contributed by atoms with Crippen molar-refractivity contribution < 1.29 is 22.7 Å². The van der Waals surface area contributed by atoms with E-state index >= 15 is 0 Å². The molecular formula is C21H17F3N2O2. The molecule has 4 nitrogen and oxygen atoms in total. The fourth-order valence-electron chi connectivity index (χ4n) is 2.52. The number of alkyl halides is 3. The van der Waals surface area contributed by atoms with Crippen LogP contribution >= 0.6 is 0 Å². The van der Waals surface area contributed by atoms with Crippen LogP contribution in [0.5, 0.6) is 5.75 Å². The molecule has 3 rings (SSSR count). The fourth-order valence-corrected chi connectivity index (χ4v) is 2.52. The highest BCUT2D eigenvalue weighted by atomic mass is 19.4. The Morgan fingerprint density at radius 1 is 0.929 bits per heavy atom. The molecule has 0 fully saturated rings. The van der Waals surface area contributed by atoms with Crippen molar-refractivity contribution in [2.45, 2.75) is 19.3 Å². The van der Waals surface area contributed by atoms with Crippen LogP contribution in [0.15, 0.2) is 72.9 Å². The summed E-state index contributed by atoms with van der Waals surface area (Å²) in [4.78, 5) is 15.5. The van der Waals surface area contributed by atoms with E-state index in [4.69, 9.17) is 4.74 Å². The van der Waals surface area contributed by atoms with E-state index < -0.39 is 17.8 Å². The monoisotopic (exact) mass is 386 g/mol. The molecule has 7 heteroatoms. The molecule has 0 spiro atoms. The molecule has 0 atom stereocenters. The van der Waals surface area contributed by atoms with Crippen molar-refractivity contribution in [2.75, 3.05) is 0 Å². The molecule has 2 aromatic carbocycles. The van der Waals surface area contributed by atoms with E-state index in [0.717, 1.165) is 35.2 Å². The van der Waals surface area contributed by atoms with Gasteiger partial charge in [-0.15, -0.1) is 0 Å². The Morgan fingerprint density at radius 2 is 1.61 bits per heavy atom. The zero-order valence-corrected chi connectivity index (χ0v) is 14.7. The van der Waals surface area contributed by atoms with Crippen LogP contribution in [0.4, 0.5) is 13.2 Å². The number of hydrogen-bond donors (Lipinski definition) is 1. The van der Waals surface area contributed by atoms with Crippen LogP contribution < -0.4 is 10.1 Å². The number of halogens is 3. The van der Waals surface area contributed by atoms with Gasteiger partial charge in [0.05, 0.1) is 5.56 Å². The van der Waals surface area contributed by atoms with Gasteiger partial charge in [0, 0.05) is 12.7 Å². The highest BCUT2D eigenvalue weighted by Gasteiger charge is 2.32.